The lowest BCUT2D eigenvalue weighted by Crippen LogP contribution is -2.28. The smallest absolute Gasteiger partial charge is 0.0740 e. The maximum absolute atomic E-state index is 4.96. The molecule has 3 rings (SSSR count). The molecule has 0 aliphatic carbocycles. The van der Waals surface area contributed by atoms with Crippen molar-refractivity contribution in [2.24, 2.45) is 0 Å². The van der Waals surface area contributed by atoms with E-state index in [1.807, 2.05) is 0 Å². The molecule has 0 bridgehead atoms. The van der Waals surface area contributed by atoms with Crippen molar-refractivity contribution in [3.05, 3.63) is 40.1 Å². The first kappa shape index (κ1) is 12.9. The number of pyridine rings is 1. The number of thiol groups is 1. The zero-order valence-electron chi connectivity index (χ0n) is 11.8. The summed E-state index contributed by atoms with van der Waals surface area (Å²) in [6.07, 6.45) is 1.05. The quantitative estimate of drug-likeness (QED) is 0.802. The van der Waals surface area contributed by atoms with Crippen molar-refractivity contribution in [2.45, 2.75) is 32.6 Å². The fourth-order valence-electron chi connectivity index (χ4n) is 2.95. The van der Waals surface area contributed by atoms with Gasteiger partial charge in [-0.1, -0.05) is 12.1 Å². The molecule has 100 valence electrons. The summed E-state index contributed by atoms with van der Waals surface area (Å²) >= 11 is 4.56. The Labute approximate surface area is 120 Å². The highest BCUT2D eigenvalue weighted by molar-refractivity contribution is 7.79. The molecule has 0 saturated heterocycles. The van der Waals surface area contributed by atoms with Gasteiger partial charge in [-0.25, -0.2) is 0 Å². The predicted molar refractivity (Wildman–Crippen MR) is 83.9 cm³/mol. The van der Waals surface area contributed by atoms with Crippen molar-refractivity contribution in [1.82, 2.24) is 9.88 Å². The molecular weight excluding hydrogens is 252 g/mol. The minimum absolute atomic E-state index is 0.789. The van der Waals surface area contributed by atoms with E-state index in [-0.39, 0.29) is 0 Å². The molecule has 0 amide bonds. The molecule has 0 unspecified atom stereocenters. The molecule has 0 spiro atoms. The highest BCUT2D eigenvalue weighted by Gasteiger charge is 2.20. The third-order valence-corrected chi connectivity index (χ3v) is 4.62. The topological polar surface area (TPSA) is 16.1 Å². The first-order valence-corrected chi connectivity index (χ1v) is 7.45. The molecular formula is C16H20N2S. The number of aryl methyl sites for hydroxylation is 2. The van der Waals surface area contributed by atoms with Gasteiger partial charge in [0.15, 0.2) is 0 Å². The van der Waals surface area contributed by atoms with Crippen LogP contribution in [0.5, 0.6) is 0 Å². The van der Waals surface area contributed by atoms with Gasteiger partial charge < -0.3 is 4.90 Å². The van der Waals surface area contributed by atoms with E-state index in [0.29, 0.717) is 0 Å². The number of rotatable bonds is 1. The second kappa shape index (κ2) is 4.80. The Morgan fingerprint density at radius 1 is 1.32 bits per heavy atom. The summed E-state index contributed by atoms with van der Waals surface area (Å²) in [5, 5.41) is 1.28. The van der Waals surface area contributed by atoms with Crippen LogP contribution in [0.25, 0.3) is 10.9 Å². The minimum Gasteiger partial charge on any atom is -0.302 e. The lowest BCUT2D eigenvalue weighted by atomic mass is 9.94. The summed E-state index contributed by atoms with van der Waals surface area (Å²) in [6.45, 7) is 6.43. The summed E-state index contributed by atoms with van der Waals surface area (Å²) in [6, 6.07) is 4.41. The van der Waals surface area contributed by atoms with Gasteiger partial charge in [-0.2, -0.15) is 12.6 Å². The van der Waals surface area contributed by atoms with Gasteiger partial charge in [-0.05, 0) is 43.1 Å². The van der Waals surface area contributed by atoms with Crippen LogP contribution >= 0.6 is 12.6 Å². The van der Waals surface area contributed by atoms with Gasteiger partial charge in [0.05, 0.1) is 5.52 Å². The highest BCUT2D eigenvalue weighted by Crippen LogP contribution is 2.31. The second-order valence-electron chi connectivity index (χ2n) is 5.57. The number of nitrogens with zero attached hydrogens (tertiary/aromatic N) is 2. The van der Waals surface area contributed by atoms with E-state index in [1.54, 1.807) is 0 Å². The Bertz CT molecular complexity index is 649. The van der Waals surface area contributed by atoms with Crippen LogP contribution in [0.15, 0.2) is 12.1 Å². The lowest BCUT2D eigenvalue weighted by molar-refractivity contribution is 0.309. The SMILES string of the molecule is Cc1ccc2c(CS)c3c(nc2c1C)CCN(C)C3. The van der Waals surface area contributed by atoms with Gasteiger partial charge in [0, 0.05) is 36.3 Å². The van der Waals surface area contributed by atoms with Crippen LogP contribution in [-0.4, -0.2) is 23.5 Å². The standard InChI is InChI=1S/C16H20N2S/c1-10-4-5-12-14(9-19)13-8-18(3)7-6-15(13)17-16(12)11(10)2/h4-5,19H,6-9H2,1-3H3. The Morgan fingerprint density at radius 3 is 2.84 bits per heavy atom. The maximum atomic E-state index is 4.96. The molecule has 19 heavy (non-hydrogen) atoms. The average Bonchev–Trinajstić information content (AvgIpc) is 2.41. The number of fused-ring (bicyclic) bond motifs is 2. The molecule has 0 N–H and O–H groups in total. The molecule has 1 aliphatic rings. The predicted octanol–water partition coefficient (Wildman–Crippen LogP) is 3.27. The monoisotopic (exact) mass is 272 g/mol. The van der Waals surface area contributed by atoms with Crippen molar-refractivity contribution in [3.8, 4) is 0 Å². The van der Waals surface area contributed by atoms with Gasteiger partial charge in [0.1, 0.15) is 0 Å². The number of likely N-dealkylation sites (N-methyl/N-ethyl adjacent to an activating group) is 1. The minimum atomic E-state index is 0.789. The van der Waals surface area contributed by atoms with E-state index in [2.05, 4.69) is 50.6 Å². The van der Waals surface area contributed by atoms with Crippen molar-refractivity contribution in [3.63, 3.8) is 0 Å². The van der Waals surface area contributed by atoms with Gasteiger partial charge in [0.2, 0.25) is 0 Å². The molecule has 0 saturated carbocycles. The Morgan fingerprint density at radius 2 is 2.11 bits per heavy atom. The van der Waals surface area contributed by atoms with E-state index < -0.39 is 0 Å². The Balaban J connectivity index is 2.35. The van der Waals surface area contributed by atoms with Gasteiger partial charge in [0.25, 0.3) is 0 Å². The summed E-state index contributed by atoms with van der Waals surface area (Å²) in [4.78, 5) is 7.32. The largest absolute Gasteiger partial charge is 0.302 e. The van der Waals surface area contributed by atoms with Crippen LogP contribution in [-0.2, 0) is 18.7 Å². The number of benzene rings is 1. The molecule has 0 fully saturated rings. The Kier molecular flexibility index (Phi) is 3.27. The maximum Gasteiger partial charge on any atom is 0.0740 e. The Hall–Kier alpha value is -1.06. The van der Waals surface area contributed by atoms with E-state index in [9.17, 15) is 0 Å². The van der Waals surface area contributed by atoms with Crippen molar-refractivity contribution < 1.29 is 0 Å². The van der Waals surface area contributed by atoms with Gasteiger partial charge >= 0.3 is 0 Å². The molecule has 3 heteroatoms. The lowest BCUT2D eigenvalue weighted by Gasteiger charge is -2.27. The van der Waals surface area contributed by atoms with Crippen molar-refractivity contribution in [2.75, 3.05) is 13.6 Å². The number of aromatic nitrogens is 1. The summed E-state index contributed by atoms with van der Waals surface area (Å²) in [5.74, 6) is 0.789. The summed E-state index contributed by atoms with van der Waals surface area (Å²) < 4.78 is 0. The summed E-state index contributed by atoms with van der Waals surface area (Å²) in [5.41, 5.74) is 7.86. The number of hydrogen-bond donors (Lipinski definition) is 1. The molecule has 1 aromatic heterocycles. The zero-order valence-corrected chi connectivity index (χ0v) is 12.7. The van der Waals surface area contributed by atoms with Crippen LogP contribution in [0.4, 0.5) is 0 Å². The molecule has 2 heterocycles. The molecule has 0 radical (unpaired) electrons. The molecule has 1 aromatic carbocycles. The summed E-state index contributed by atoms with van der Waals surface area (Å²) in [7, 11) is 2.18. The second-order valence-corrected chi connectivity index (χ2v) is 5.88. The van der Waals surface area contributed by atoms with E-state index in [4.69, 9.17) is 4.98 Å². The molecule has 0 atom stereocenters. The van der Waals surface area contributed by atoms with Crippen molar-refractivity contribution in [1.29, 1.82) is 0 Å². The first-order chi connectivity index (χ1) is 9.11. The third-order valence-electron chi connectivity index (χ3n) is 4.30. The van der Waals surface area contributed by atoms with E-state index >= 15 is 0 Å². The van der Waals surface area contributed by atoms with Crippen LogP contribution in [0.2, 0.25) is 0 Å². The fraction of sp³-hybridized carbons (Fsp3) is 0.438. The van der Waals surface area contributed by atoms with Crippen LogP contribution in [0.3, 0.4) is 0 Å². The van der Waals surface area contributed by atoms with Gasteiger partial charge in [-0.15, -0.1) is 0 Å². The van der Waals surface area contributed by atoms with Crippen molar-refractivity contribution >= 4 is 23.5 Å². The zero-order chi connectivity index (χ0) is 13.6. The molecule has 2 nitrogen and oxygen atoms in total. The van der Waals surface area contributed by atoms with Crippen LogP contribution in [0, 0.1) is 13.8 Å². The van der Waals surface area contributed by atoms with Gasteiger partial charge in [-0.3, -0.25) is 4.98 Å². The van der Waals surface area contributed by atoms with Crippen LogP contribution in [0.1, 0.15) is 27.9 Å². The number of hydrogen-bond acceptors (Lipinski definition) is 3. The first-order valence-electron chi connectivity index (χ1n) is 6.81. The van der Waals surface area contributed by atoms with E-state index in [1.165, 1.54) is 38.9 Å². The third kappa shape index (κ3) is 2.05. The van der Waals surface area contributed by atoms with E-state index in [0.717, 1.165) is 25.3 Å². The fourth-order valence-corrected chi connectivity index (χ4v) is 3.31. The normalized spacial score (nSPS) is 15.8. The highest BCUT2D eigenvalue weighted by atomic mass is 32.1. The average molecular weight is 272 g/mol. The van der Waals surface area contributed by atoms with Crippen LogP contribution < -0.4 is 0 Å². The molecule has 2 aromatic rings. The molecule has 1 aliphatic heterocycles.